The summed E-state index contributed by atoms with van der Waals surface area (Å²) in [4.78, 5) is 2.82. The van der Waals surface area contributed by atoms with E-state index < -0.39 is 0 Å². The molecule has 3 atom stereocenters. The van der Waals surface area contributed by atoms with E-state index in [0.29, 0.717) is 0 Å². The van der Waals surface area contributed by atoms with Crippen LogP contribution < -0.4 is 5.73 Å². The van der Waals surface area contributed by atoms with Crippen LogP contribution >= 0.6 is 0 Å². The normalized spacial score (nSPS) is 34.1. The van der Waals surface area contributed by atoms with Gasteiger partial charge in [0.25, 0.3) is 0 Å². The van der Waals surface area contributed by atoms with Crippen molar-refractivity contribution in [3.63, 3.8) is 0 Å². The van der Waals surface area contributed by atoms with Crippen molar-refractivity contribution in [3.8, 4) is 0 Å². The second-order valence-corrected chi connectivity index (χ2v) is 6.90. The highest BCUT2D eigenvalue weighted by Crippen LogP contribution is 2.31. The summed E-state index contributed by atoms with van der Waals surface area (Å²) in [6, 6.07) is 0.891. The molecule has 2 rings (SSSR count). The Balaban J connectivity index is 1.80. The largest absolute Gasteiger partial charge is 0.330 e. The minimum absolute atomic E-state index is 0.877. The fourth-order valence-corrected chi connectivity index (χ4v) is 4.32. The Morgan fingerprint density at radius 3 is 2.58 bits per heavy atom. The van der Waals surface area contributed by atoms with E-state index in [4.69, 9.17) is 5.73 Å². The van der Waals surface area contributed by atoms with Crippen LogP contribution in [-0.4, -0.2) is 30.6 Å². The Kier molecular flexibility index (Phi) is 6.66. The molecule has 0 amide bonds. The van der Waals surface area contributed by atoms with Crippen LogP contribution in [0.5, 0.6) is 0 Å². The molecule has 2 heteroatoms. The first-order valence-electron chi connectivity index (χ1n) is 8.77. The minimum atomic E-state index is 0.877. The highest BCUT2D eigenvalue weighted by atomic mass is 15.2. The van der Waals surface area contributed by atoms with Gasteiger partial charge in [0.15, 0.2) is 0 Å². The Labute approximate surface area is 120 Å². The lowest BCUT2D eigenvalue weighted by atomic mass is 9.92. The van der Waals surface area contributed by atoms with Gasteiger partial charge in [-0.3, -0.25) is 0 Å². The lowest BCUT2D eigenvalue weighted by molar-refractivity contribution is 0.109. The van der Waals surface area contributed by atoms with Gasteiger partial charge in [0.05, 0.1) is 0 Å². The molecule has 0 radical (unpaired) electrons. The maximum absolute atomic E-state index is 5.74. The molecule has 2 N–H and O–H groups in total. The first kappa shape index (κ1) is 15.3. The zero-order chi connectivity index (χ0) is 13.5. The summed E-state index contributed by atoms with van der Waals surface area (Å²) in [6.45, 7) is 5.90. The Morgan fingerprint density at radius 1 is 0.947 bits per heavy atom. The van der Waals surface area contributed by atoms with E-state index in [-0.39, 0.29) is 0 Å². The van der Waals surface area contributed by atoms with Crippen LogP contribution in [0.3, 0.4) is 0 Å². The molecule has 1 heterocycles. The fraction of sp³-hybridized carbons (Fsp3) is 1.00. The average Bonchev–Trinajstić information content (AvgIpc) is 2.66. The highest BCUT2D eigenvalue weighted by molar-refractivity contribution is 4.82. The number of nitrogens with two attached hydrogens (primary N) is 1. The number of rotatable bonds is 5. The molecule has 0 spiro atoms. The lowest BCUT2D eigenvalue weighted by Gasteiger charge is -2.38. The van der Waals surface area contributed by atoms with Crippen LogP contribution in [0, 0.1) is 11.8 Å². The Hall–Kier alpha value is -0.0800. The summed E-state index contributed by atoms with van der Waals surface area (Å²) in [5.74, 6) is 1.91. The molecule has 1 aliphatic heterocycles. The smallest absolute Gasteiger partial charge is 0.00954 e. The molecule has 1 saturated heterocycles. The summed E-state index contributed by atoms with van der Waals surface area (Å²) in [7, 11) is 0. The van der Waals surface area contributed by atoms with Crippen LogP contribution in [0.25, 0.3) is 0 Å². The summed E-state index contributed by atoms with van der Waals surface area (Å²) < 4.78 is 0. The molecule has 2 aliphatic rings. The second kappa shape index (κ2) is 8.26. The van der Waals surface area contributed by atoms with Crippen LogP contribution in [0.1, 0.15) is 71.1 Å². The molecular formula is C17H34N2. The van der Waals surface area contributed by atoms with Gasteiger partial charge in [-0.05, 0) is 63.5 Å². The minimum Gasteiger partial charge on any atom is -0.330 e. The number of hydrogen-bond donors (Lipinski definition) is 1. The number of hydrogen-bond acceptors (Lipinski definition) is 2. The Morgan fingerprint density at radius 2 is 1.79 bits per heavy atom. The van der Waals surface area contributed by atoms with Crippen molar-refractivity contribution in [2.24, 2.45) is 17.6 Å². The topological polar surface area (TPSA) is 29.3 Å². The van der Waals surface area contributed by atoms with Crippen molar-refractivity contribution in [2.45, 2.75) is 77.2 Å². The van der Waals surface area contributed by atoms with E-state index in [1.807, 2.05) is 0 Å². The summed E-state index contributed by atoms with van der Waals surface area (Å²) in [6.07, 6.45) is 14.2. The maximum atomic E-state index is 5.74. The third-order valence-corrected chi connectivity index (χ3v) is 5.40. The monoisotopic (exact) mass is 266 g/mol. The van der Waals surface area contributed by atoms with E-state index >= 15 is 0 Å². The van der Waals surface area contributed by atoms with Crippen molar-refractivity contribution in [1.29, 1.82) is 0 Å². The quantitative estimate of drug-likeness (QED) is 0.767. The second-order valence-electron chi connectivity index (χ2n) is 6.90. The molecule has 2 nitrogen and oxygen atoms in total. The predicted molar refractivity (Wildman–Crippen MR) is 83.2 cm³/mol. The molecule has 0 aromatic rings. The molecule has 112 valence electrons. The molecule has 2 fully saturated rings. The number of piperidine rings is 1. The predicted octanol–water partition coefficient (Wildman–Crippen LogP) is 3.80. The number of nitrogens with zero attached hydrogens (tertiary/aromatic N) is 1. The molecule has 0 bridgehead atoms. The molecule has 3 unspecified atom stereocenters. The zero-order valence-electron chi connectivity index (χ0n) is 12.9. The molecular weight excluding hydrogens is 232 g/mol. The van der Waals surface area contributed by atoms with E-state index in [1.54, 1.807) is 0 Å². The molecule has 19 heavy (non-hydrogen) atoms. The van der Waals surface area contributed by atoms with E-state index in [2.05, 4.69) is 11.8 Å². The van der Waals surface area contributed by atoms with Gasteiger partial charge in [0.2, 0.25) is 0 Å². The summed E-state index contributed by atoms with van der Waals surface area (Å²) in [5, 5.41) is 0. The van der Waals surface area contributed by atoms with Gasteiger partial charge in [-0.25, -0.2) is 0 Å². The van der Waals surface area contributed by atoms with Gasteiger partial charge >= 0.3 is 0 Å². The van der Waals surface area contributed by atoms with Crippen molar-refractivity contribution in [3.05, 3.63) is 0 Å². The van der Waals surface area contributed by atoms with Crippen LogP contribution in [0.2, 0.25) is 0 Å². The van der Waals surface area contributed by atoms with Gasteiger partial charge in [0.1, 0.15) is 0 Å². The van der Waals surface area contributed by atoms with Gasteiger partial charge in [-0.1, -0.05) is 32.6 Å². The van der Waals surface area contributed by atoms with E-state index in [0.717, 1.165) is 24.4 Å². The van der Waals surface area contributed by atoms with Crippen LogP contribution in [0.15, 0.2) is 0 Å². The van der Waals surface area contributed by atoms with Crippen LogP contribution in [0.4, 0.5) is 0 Å². The lowest BCUT2D eigenvalue weighted by Crippen LogP contribution is -2.43. The first-order valence-corrected chi connectivity index (χ1v) is 8.77. The maximum Gasteiger partial charge on any atom is 0.00954 e. The summed E-state index contributed by atoms with van der Waals surface area (Å²) >= 11 is 0. The molecule has 1 saturated carbocycles. The third kappa shape index (κ3) is 4.75. The standard InChI is InChI=1S/C17H34N2/c1-2-5-15-6-3-8-17(10-9-15)19-13-4-7-16(14-19)11-12-18/h15-17H,2-14,18H2,1H3. The average molecular weight is 266 g/mol. The molecule has 1 aliphatic carbocycles. The summed E-state index contributed by atoms with van der Waals surface area (Å²) in [5.41, 5.74) is 5.74. The van der Waals surface area contributed by atoms with Crippen molar-refractivity contribution < 1.29 is 0 Å². The number of likely N-dealkylation sites (tertiary alicyclic amines) is 1. The van der Waals surface area contributed by atoms with Gasteiger partial charge in [0, 0.05) is 12.6 Å². The third-order valence-electron chi connectivity index (χ3n) is 5.40. The van der Waals surface area contributed by atoms with Gasteiger partial charge < -0.3 is 10.6 Å². The SMILES string of the molecule is CCCC1CCCC(N2CCCC(CCN)C2)CC1. The first-order chi connectivity index (χ1) is 9.33. The van der Waals surface area contributed by atoms with E-state index in [9.17, 15) is 0 Å². The highest BCUT2D eigenvalue weighted by Gasteiger charge is 2.27. The zero-order valence-corrected chi connectivity index (χ0v) is 12.9. The van der Waals surface area contributed by atoms with Crippen LogP contribution in [-0.2, 0) is 0 Å². The van der Waals surface area contributed by atoms with Gasteiger partial charge in [-0.15, -0.1) is 0 Å². The molecule has 0 aromatic heterocycles. The Bertz CT molecular complexity index is 239. The molecule has 0 aromatic carbocycles. The van der Waals surface area contributed by atoms with Crippen molar-refractivity contribution in [2.75, 3.05) is 19.6 Å². The van der Waals surface area contributed by atoms with Crippen molar-refractivity contribution >= 4 is 0 Å². The fourth-order valence-electron chi connectivity index (χ4n) is 4.32. The van der Waals surface area contributed by atoms with Crippen molar-refractivity contribution in [1.82, 2.24) is 4.90 Å². The van der Waals surface area contributed by atoms with E-state index in [1.165, 1.54) is 77.3 Å². The van der Waals surface area contributed by atoms with Gasteiger partial charge in [-0.2, -0.15) is 0 Å².